The summed E-state index contributed by atoms with van der Waals surface area (Å²) in [4.78, 5) is 24.4. The third-order valence-electron chi connectivity index (χ3n) is 10.6. The van der Waals surface area contributed by atoms with Crippen LogP contribution in [0.15, 0.2) is 97.2 Å². The summed E-state index contributed by atoms with van der Waals surface area (Å²) in [5, 5.41) is 9.62. The molecule has 0 saturated heterocycles. The number of aliphatic hydroxyl groups excluding tert-OH is 1. The summed E-state index contributed by atoms with van der Waals surface area (Å²) in [6.07, 6.45) is 72.1. The van der Waals surface area contributed by atoms with Gasteiger partial charge in [0.25, 0.3) is 0 Å². The normalized spacial score (nSPS) is 13.0. The number of carbonyl (C=O) groups excluding carboxylic acids is 2. The molecular formula is C56H94O5. The van der Waals surface area contributed by atoms with E-state index in [4.69, 9.17) is 9.47 Å². The highest BCUT2D eigenvalue weighted by atomic mass is 16.6. The first-order valence-corrected chi connectivity index (χ1v) is 25.3. The molecule has 0 heterocycles. The highest BCUT2D eigenvalue weighted by Gasteiger charge is 2.16. The minimum Gasteiger partial charge on any atom is -0.462 e. The fourth-order valence-electron chi connectivity index (χ4n) is 6.86. The minimum atomic E-state index is -0.784. The van der Waals surface area contributed by atoms with Gasteiger partial charge in [0.15, 0.2) is 6.10 Å². The fourth-order valence-corrected chi connectivity index (χ4v) is 6.86. The standard InChI is InChI=1S/C56H94O5/c1-3-5-7-9-11-13-15-17-19-21-22-23-24-25-26-27-28-29-30-31-32-33-34-35-37-39-41-43-45-47-49-51-56(59)61-54(52-57)53-60-55(58)50-48-46-44-42-40-38-36-20-18-16-14-12-10-8-6-4-2/h5,7,11,13,17,19,22-23,25-26,28-29,31-32,34-35,54,57H,3-4,6,8-10,12,14-16,18,20-21,24,27,30,33,36-53H2,1-2H3/b7-5-,13-11-,19-17-,23-22-,26-25-,29-28-,32-31-,35-34-. The van der Waals surface area contributed by atoms with Crippen molar-refractivity contribution >= 4 is 11.9 Å². The Kier molecular flexibility index (Phi) is 48.5. The fraction of sp³-hybridized carbons (Fsp3) is 0.679. The average Bonchev–Trinajstić information content (AvgIpc) is 3.26. The molecule has 0 aliphatic carbocycles. The number of allylic oxidation sites excluding steroid dienone is 16. The average molecular weight is 847 g/mol. The number of carbonyl (C=O) groups is 2. The third kappa shape index (κ3) is 49.4. The molecule has 0 fully saturated rings. The van der Waals surface area contributed by atoms with Gasteiger partial charge >= 0.3 is 11.9 Å². The number of rotatable bonds is 45. The van der Waals surface area contributed by atoms with Gasteiger partial charge in [0.2, 0.25) is 0 Å². The first-order chi connectivity index (χ1) is 30.1. The minimum absolute atomic E-state index is 0.0744. The maximum atomic E-state index is 12.3. The molecule has 0 spiro atoms. The van der Waals surface area contributed by atoms with Crippen LogP contribution in [0.3, 0.4) is 0 Å². The Labute approximate surface area is 377 Å². The molecule has 0 radical (unpaired) electrons. The summed E-state index contributed by atoms with van der Waals surface area (Å²) in [5.41, 5.74) is 0. The topological polar surface area (TPSA) is 72.8 Å². The van der Waals surface area contributed by atoms with E-state index in [1.165, 1.54) is 103 Å². The second kappa shape index (κ2) is 51.2. The van der Waals surface area contributed by atoms with Crippen molar-refractivity contribution in [1.29, 1.82) is 0 Å². The van der Waals surface area contributed by atoms with Gasteiger partial charge in [-0.25, -0.2) is 0 Å². The highest BCUT2D eigenvalue weighted by Crippen LogP contribution is 2.15. The van der Waals surface area contributed by atoms with E-state index >= 15 is 0 Å². The predicted octanol–water partition coefficient (Wildman–Crippen LogP) is 16.8. The third-order valence-corrected chi connectivity index (χ3v) is 10.6. The number of hydrogen-bond donors (Lipinski definition) is 1. The molecule has 1 unspecified atom stereocenters. The van der Waals surface area contributed by atoms with Crippen LogP contribution >= 0.6 is 0 Å². The van der Waals surface area contributed by atoms with Gasteiger partial charge in [0.05, 0.1) is 6.61 Å². The molecular weight excluding hydrogens is 753 g/mol. The van der Waals surface area contributed by atoms with Gasteiger partial charge in [0.1, 0.15) is 6.61 Å². The summed E-state index contributed by atoms with van der Waals surface area (Å²) < 4.78 is 10.7. The molecule has 0 aromatic heterocycles. The lowest BCUT2D eigenvalue weighted by atomic mass is 10.0. The number of unbranched alkanes of at least 4 members (excludes halogenated alkanes) is 21. The summed E-state index contributed by atoms with van der Waals surface area (Å²) in [5.74, 6) is -0.607. The molecule has 0 bridgehead atoms. The summed E-state index contributed by atoms with van der Waals surface area (Å²) in [6.45, 7) is 4.02. The van der Waals surface area contributed by atoms with Gasteiger partial charge in [-0.3, -0.25) is 9.59 Å². The largest absolute Gasteiger partial charge is 0.462 e. The Morgan fingerprint density at radius 1 is 0.393 bits per heavy atom. The lowest BCUT2D eigenvalue weighted by Crippen LogP contribution is -2.28. The molecule has 1 atom stereocenters. The number of esters is 2. The molecule has 5 heteroatoms. The molecule has 5 nitrogen and oxygen atoms in total. The Bertz CT molecular complexity index is 1190. The first-order valence-electron chi connectivity index (χ1n) is 25.3. The molecule has 0 saturated carbocycles. The lowest BCUT2D eigenvalue weighted by Gasteiger charge is -2.15. The van der Waals surface area contributed by atoms with E-state index < -0.39 is 6.10 Å². The second-order valence-corrected chi connectivity index (χ2v) is 16.5. The van der Waals surface area contributed by atoms with Crippen molar-refractivity contribution in [2.45, 2.75) is 232 Å². The van der Waals surface area contributed by atoms with Crippen molar-refractivity contribution < 1.29 is 24.2 Å². The van der Waals surface area contributed by atoms with E-state index in [1.54, 1.807) is 0 Å². The smallest absolute Gasteiger partial charge is 0.306 e. The van der Waals surface area contributed by atoms with Gasteiger partial charge < -0.3 is 14.6 Å². The van der Waals surface area contributed by atoms with Crippen molar-refractivity contribution in [2.24, 2.45) is 0 Å². The lowest BCUT2D eigenvalue weighted by molar-refractivity contribution is -0.161. The van der Waals surface area contributed by atoms with Crippen molar-refractivity contribution in [2.75, 3.05) is 13.2 Å². The molecule has 348 valence electrons. The van der Waals surface area contributed by atoms with Crippen LogP contribution in [0.5, 0.6) is 0 Å². The number of hydrogen-bond acceptors (Lipinski definition) is 5. The van der Waals surface area contributed by atoms with E-state index in [1.807, 2.05) is 0 Å². The zero-order valence-corrected chi connectivity index (χ0v) is 39.6. The van der Waals surface area contributed by atoms with Crippen LogP contribution in [0.2, 0.25) is 0 Å². The zero-order valence-electron chi connectivity index (χ0n) is 39.6. The van der Waals surface area contributed by atoms with Crippen LogP contribution in [-0.2, 0) is 19.1 Å². The van der Waals surface area contributed by atoms with Crippen molar-refractivity contribution in [3.8, 4) is 0 Å². The molecule has 0 aliphatic rings. The van der Waals surface area contributed by atoms with Crippen molar-refractivity contribution in [3.05, 3.63) is 97.2 Å². The Hall–Kier alpha value is -3.18. The zero-order chi connectivity index (χ0) is 44.2. The van der Waals surface area contributed by atoms with Gasteiger partial charge in [-0.05, 0) is 77.0 Å². The first kappa shape index (κ1) is 57.8. The summed E-state index contributed by atoms with van der Waals surface area (Å²) >= 11 is 0. The quantitative estimate of drug-likeness (QED) is 0.0375. The van der Waals surface area contributed by atoms with E-state index in [-0.39, 0.29) is 25.2 Å². The molecule has 0 aliphatic heterocycles. The van der Waals surface area contributed by atoms with Crippen LogP contribution in [-0.4, -0.2) is 36.4 Å². The molecule has 0 aromatic carbocycles. The monoisotopic (exact) mass is 847 g/mol. The molecule has 0 aromatic rings. The maximum Gasteiger partial charge on any atom is 0.306 e. The molecule has 0 rings (SSSR count). The van der Waals surface area contributed by atoms with Crippen LogP contribution in [0.1, 0.15) is 226 Å². The van der Waals surface area contributed by atoms with Gasteiger partial charge in [-0.1, -0.05) is 233 Å². The van der Waals surface area contributed by atoms with E-state index in [0.717, 1.165) is 96.3 Å². The number of aliphatic hydroxyl groups is 1. The van der Waals surface area contributed by atoms with E-state index in [9.17, 15) is 14.7 Å². The van der Waals surface area contributed by atoms with Gasteiger partial charge in [0, 0.05) is 12.8 Å². The Balaban J connectivity index is 3.61. The van der Waals surface area contributed by atoms with E-state index in [0.29, 0.717) is 12.8 Å². The Morgan fingerprint density at radius 3 is 1.07 bits per heavy atom. The molecule has 0 amide bonds. The molecule has 1 N–H and O–H groups in total. The van der Waals surface area contributed by atoms with Crippen molar-refractivity contribution in [1.82, 2.24) is 0 Å². The highest BCUT2D eigenvalue weighted by molar-refractivity contribution is 5.70. The second-order valence-electron chi connectivity index (χ2n) is 16.5. The van der Waals surface area contributed by atoms with Crippen LogP contribution in [0.25, 0.3) is 0 Å². The van der Waals surface area contributed by atoms with Gasteiger partial charge in [-0.15, -0.1) is 0 Å². The maximum absolute atomic E-state index is 12.3. The van der Waals surface area contributed by atoms with Crippen molar-refractivity contribution in [3.63, 3.8) is 0 Å². The summed E-state index contributed by atoms with van der Waals surface area (Å²) in [6, 6.07) is 0. The SMILES string of the molecule is CC/C=C\C/C=C\C/C=C\C/C=C\C/C=C\C/C=C\C/C=C\C/C=C\CCCCCCCCC(=O)OC(CO)COC(=O)CCCCCCCCCCCCCCCCCC. The van der Waals surface area contributed by atoms with Crippen LogP contribution in [0, 0.1) is 0 Å². The predicted molar refractivity (Wildman–Crippen MR) is 265 cm³/mol. The van der Waals surface area contributed by atoms with E-state index in [2.05, 4.69) is 111 Å². The Morgan fingerprint density at radius 2 is 0.705 bits per heavy atom. The van der Waals surface area contributed by atoms with Crippen LogP contribution < -0.4 is 0 Å². The number of ether oxygens (including phenoxy) is 2. The molecule has 61 heavy (non-hydrogen) atoms. The summed E-state index contributed by atoms with van der Waals surface area (Å²) in [7, 11) is 0. The van der Waals surface area contributed by atoms with Crippen LogP contribution in [0.4, 0.5) is 0 Å². The van der Waals surface area contributed by atoms with Gasteiger partial charge in [-0.2, -0.15) is 0 Å².